The van der Waals surface area contributed by atoms with Crippen molar-refractivity contribution in [1.82, 2.24) is 10.6 Å². The minimum absolute atomic E-state index is 0.0476. The third-order valence-corrected chi connectivity index (χ3v) is 3.72. The van der Waals surface area contributed by atoms with Gasteiger partial charge in [0.15, 0.2) is 0 Å². The van der Waals surface area contributed by atoms with Crippen LogP contribution in [0.4, 0.5) is 9.59 Å². The fourth-order valence-electron chi connectivity index (χ4n) is 2.17. The molecule has 2 amide bonds. The minimum Gasteiger partial charge on any atom is -0.480 e. The molecular weight excluding hydrogens is 440 g/mol. The normalized spacial score (nSPS) is 11.0. The Balaban J connectivity index is 3.80. The van der Waals surface area contributed by atoms with Crippen molar-refractivity contribution in [3.63, 3.8) is 0 Å². The SMILES string of the molecule is O=C(NCCCCC(NC(=O)OCCCCO[N+](=O)[O-])C(=O)O)OCCCCO[N+](=O)[O-]. The quantitative estimate of drug-likeness (QED) is 0.137. The number of aliphatic carboxylic acids is 1. The van der Waals surface area contributed by atoms with Crippen LogP contribution in [0.2, 0.25) is 0 Å². The van der Waals surface area contributed by atoms with Gasteiger partial charge in [-0.3, -0.25) is 0 Å². The largest absolute Gasteiger partial charge is 0.480 e. The van der Waals surface area contributed by atoms with Crippen molar-refractivity contribution in [1.29, 1.82) is 0 Å². The molecule has 0 aromatic rings. The van der Waals surface area contributed by atoms with Crippen LogP contribution < -0.4 is 10.6 Å². The Morgan fingerprint density at radius 1 is 0.781 bits per heavy atom. The van der Waals surface area contributed by atoms with Crippen molar-refractivity contribution in [3.05, 3.63) is 20.2 Å². The van der Waals surface area contributed by atoms with E-state index in [0.717, 1.165) is 0 Å². The molecule has 0 bridgehead atoms. The van der Waals surface area contributed by atoms with Crippen molar-refractivity contribution in [3.8, 4) is 0 Å². The van der Waals surface area contributed by atoms with Crippen LogP contribution in [0.15, 0.2) is 0 Å². The molecule has 1 atom stereocenters. The summed E-state index contributed by atoms with van der Waals surface area (Å²) in [5.74, 6) is -1.24. The summed E-state index contributed by atoms with van der Waals surface area (Å²) in [6, 6.07) is -1.17. The van der Waals surface area contributed by atoms with E-state index in [0.29, 0.717) is 38.5 Å². The molecule has 0 heterocycles. The van der Waals surface area contributed by atoms with Crippen LogP contribution in [0.3, 0.4) is 0 Å². The zero-order valence-electron chi connectivity index (χ0n) is 17.4. The highest BCUT2D eigenvalue weighted by atomic mass is 17.0. The molecule has 0 saturated heterocycles. The zero-order chi connectivity index (χ0) is 24.2. The molecule has 32 heavy (non-hydrogen) atoms. The van der Waals surface area contributed by atoms with E-state index >= 15 is 0 Å². The lowest BCUT2D eigenvalue weighted by Crippen LogP contribution is -2.41. The Kier molecular flexibility index (Phi) is 16.2. The van der Waals surface area contributed by atoms with Crippen LogP contribution in [0.5, 0.6) is 0 Å². The number of rotatable bonds is 19. The maximum Gasteiger partial charge on any atom is 0.407 e. The molecule has 0 radical (unpaired) electrons. The maximum absolute atomic E-state index is 11.6. The summed E-state index contributed by atoms with van der Waals surface area (Å²) < 4.78 is 9.67. The van der Waals surface area contributed by atoms with Gasteiger partial charge >= 0.3 is 18.2 Å². The van der Waals surface area contributed by atoms with E-state index in [2.05, 4.69) is 20.3 Å². The molecule has 184 valence electrons. The summed E-state index contributed by atoms with van der Waals surface area (Å²) in [6.07, 6.45) is 0.699. The molecule has 0 aromatic carbocycles. The van der Waals surface area contributed by atoms with Crippen LogP contribution in [-0.2, 0) is 23.9 Å². The fourth-order valence-corrected chi connectivity index (χ4v) is 2.17. The van der Waals surface area contributed by atoms with Crippen LogP contribution >= 0.6 is 0 Å². The Labute approximate surface area is 182 Å². The third-order valence-electron chi connectivity index (χ3n) is 3.72. The lowest BCUT2D eigenvalue weighted by Gasteiger charge is -2.14. The fraction of sp³-hybridized carbons (Fsp3) is 0.812. The molecule has 0 aromatic heterocycles. The number of nitrogens with zero attached hydrogens (tertiary/aromatic N) is 2. The van der Waals surface area contributed by atoms with E-state index in [1.54, 1.807) is 0 Å². The Hall–Kier alpha value is -3.59. The summed E-state index contributed by atoms with van der Waals surface area (Å²) in [4.78, 5) is 62.4. The van der Waals surface area contributed by atoms with Gasteiger partial charge in [-0.1, -0.05) is 0 Å². The highest BCUT2D eigenvalue weighted by Crippen LogP contribution is 2.02. The Bertz CT molecular complexity index is 604. The van der Waals surface area contributed by atoms with Crippen LogP contribution in [0.25, 0.3) is 0 Å². The summed E-state index contributed by atoms with van der Waals surface area (Å²) in [7, 11) is 0. The van der Waals surface area contributed by atoms with E-state index in [9.17, 15) is 34.6 Å². The second kappa shape index (κ2) is 18.2. The number of hydrogen-bond donors (Lipinski definition) is 3. The third kappa shape index (κ3) is 18.4. The first kappa shape index (κ1) is 28.4. The number of carboxylic acid groups (broad SMARTS) is 1. The number of ether oxygens (including phenoxy) is 2. The number of carbonyl (C=O) groups is 3. The van der Waals surface area contributed by atoms with Gasteiger partial charge in [0.1, 0.15) is 6.04 Å². The number of nitrogens with one attached hydrogen (secondary N) is 2. The molecule has 0 aliphatic heterocycles. The summed E-state index contributed by atoms with van der Waals surface area (Å²) in [6.45, 7) is 0.0442. The summed E-state index contributed by atoms with van der Waals surface area (Å²) in [5, 5.41) is 31.9. The molecule has 3 N–H and O–H groups in total. The van der Waals surface area contributed by atoms with Crippen molar-refractivity contribution >= 4 is 18.2 Å². The van der Waals surface area contributed by atoms with E-state index < -0.39 is 34.4 Å². The predicted molar refractivity (Wildman–Crippen MR) is 103 cm³/mol. The molecule has 1 unspecified atom stereocenters. The van der Waals surface area contributed by atoms with E-state index in [1.165, 1.54) is 0 Å². The Morgan fingerprint density at radius 2 is 1.28 bits per heavy atom. The molecule has 0 aliphatic carbocycles. The standard InChI is InChI=1S/C16H28N4O12/c21-14(22)13(18-16(24)30-10-4-6-12-32-20(27)28)7-1-2-8-17-15(23)29-9-3-5-11-31-19(25)26/h13H,1-12H2,(H,17,23)(H,18,24)(H,21,22). The lowest BCUT2D eigenvalue weighted by molar-refractivity contribution is -0.757. The smallest absolute Gasteiger partial charge is 0.407 e. The van der Waals surface area contributed by atoms with Gasteiger partial charge in [-0.15, -0.1) is 20.2 Å². The molecule has 16 heteroatoms. The maximum atomic E-state index is 11.6. The number of carboxylic acids is 1. The van der Waals surface area contributed by atoms with Gasteiger partial charge in [-0.25, -0.2) is 14.4 Å². The molecular formula is C16H28N4O12. The van der Waals surface area contributed by atoms with E-state index in [-0.39, 0.29) is 39.4 Å². The minimum atomic E-state index is -1.24. The van der Waals surface area contributed by atoms with Gasteiger partial charge in [0.2, 0.25) is 0 Å². The van der Waals surface area contributed by atoms with Crippen LogP contribution in [0, 0.1) is 20.2 Å². The first-order valence-corrected chi connectivity index (χ1v) is 9.83. The first-order valence-electron chi connectivity index (χ1n) is 9.83. The second-order valence-corrected chi connectivity index (χ2v) is 6.26. The van der Waals surface area contributed by atoms with Crippen molar-refractivity contribution in [2.75, 3.05) is 33.0 Å². The van der Waals surface area contributed by atoms with Gasteiger partial charge in [0.25, 0.3) is 10.2 Å². The van der Waals surface area contributed by atoms with Crippen LogP contribution in [-0.4, -0.2) is 72.4 Å². The highest BCUT2D eigenvalue weighted by Gasteiger charge is 2.20. The molecule has 0 saturated carbocycles. The average Bonchev–Trinajstić information content (AvgIpc) is 2.71. The van der Waals surface area contributed by atoms with Gasteiger partial charge in [-0.2, -0.15) is 0 Å². The van der Waals surface area contributed by atoms with Gasteiger partial charge in [-0.05, 0) is 44.9 Å². The van der Waals surface area contributed by atoms with Crippen molar-refractivity contribution < 1.29 is 48.8 Å². The Morgan fingerprint density at radius 3 is 1.78 bits per heavy atom. The van der Waals surface area contributed by atoms with Crippen molar-refractivity contribution in [2.24, 2.45) is 0 Å². The van der Waals surface area contributed by atoms with Gasteiger partial charge in [0, 0.05) is 6.54 Å². The molecule has 0 rings (SSSR count). The van der Waals surface area contributed by atoms with E-state index in [1.807, 2.05) is 0 Å². The number of carbonyl (C=O) groups excluding carboxylic acids is 2. The number of hydrogen-bond acceptors (Lipinski definition) is 11. The summed E-state index contributed by atoms with van der Waals surface area (Å²) >= 11 is 0. The van der Waals surface area contributed by atoms with Crippen molar-refractivity contribution in [2.45, 2.75) is 51.0 Å². The zero-order valence-corrected chi connectivity index (χ0v) is 17.4. The predicted octanol–water partition coefficient (Wildman–Crippen LogP) is 1.04. The number of amides is 2. The average molecular weight is 468 g/mol. The monoisotopic (exact) mass is 468 g/mol. The van der Waals surface area contributed by atoms with Gasteiger partial charge in [0.05, 0.1) is 26.4 Å². The number of alkyl carbamates (subject to hydrolysis) is 2. The topological polar surface area (TPSA) is 219 Å². The molecule has 16 nitrogen and oxygen atoms in total. The summed E-state index contributed by atoms with van der Waals surface area (Å²) in [5.41, 5.74) is 0. The first-order chi connectivity index (χ1) is 15.2. The lowest BCUT2D eigenvalue weighted by atomic mass is 10.1. The molecule has 0 aliphatic rings. The van der Waals surface area contributed by atoms with E-state index in [4.69, 9.17) is 14.6 Å². The second-order valence-electron chi connectivity index (χ2n) is 6.26. The number of unbranched alkanes of at least 4 members (excludes halogenated alkanes) is 3. The highest BCUT2D eigenvalue weighted by molar-refractivity contribution is 5.79. The van der Waals surface area contributed by atoms with Gasteiger partial charge < -0.3 is 34.9 Å². The molecule has 0 fully saturated rings. The molecule has 0 spiro atoms. The van der Waals surface area contributed by atoms with Crippen LogP contribution in [0.1, 0.15) is 44.9 Å².